The lowest BCUT2D eigenvalue weighted by molar-refractivity contribution is 0.390. The molecule has 0 saturated carbocycles. The molecule has 3 nitrogen and oxygen atoms in total. The third-order valence-electron chi connectivity index (χ3n) is 7.38. The van der Waals surface area contributed by atoms with Crippen LogP contribution >= 0.6 is 0 Å². The highest BCUT2D eigenvalue weighted by molar-refractivity contribution is 6.05. The van der Waals surface area contributed by atoms with E-state index in [9.17, 15) is 0 Å². The number of aromatic nitrogens is 1. The van der Waals surface area contributed by atoms with Crippen molar-refractivity contribution in [3.05, 3.63) is 126 Å². The van der Waals surface area contributed by atoms with Crippen LogP contribution in [0.15, 0.2) is 114 Å². The molecule has 1 aromatic heterocycles. The van der Waals surface area contributed by atoms with Crippen LogP contribution in [0, 0.1) is 0 Å². The molecule has 0 saturated heterocycles. The van der Waals surface area contributed by atoms with Crippen molar-refractivity contribution >= 4 is 40.8 Å². The molecule has 5 aromatic rings. The molecular formula is C31H24N3+. The Kier molecular flexibility index (Phi) is 4.05. The van der Waals surface area contributed by atoms with E-state index in [1.807, 2.05) is 0 Å². The lowest BCUT2D eigenvalue weighted by Gasteiger charge is -2.52. The summed E-state index contributed by atoms with van der Waals surface area (Å²) in [6.07, 6.45) is 4.72. The zero-order valence-corrected chi connectivity index (χ0v) is 18.8. The van der Waals surface area contributed by atoms with E-state index >= 15 is 0 Å². The number of para-hydroxylation sites is 3. The van der Waals surface area contributed by atoms with Crippen LogP contribution in [-0.4, -0.2) is 11.3 Å². The van der Waals surface area contributed by atoms with Gasteiger partial charge < -0.3 is 4.57 Å². The minimum atomic E-state index is 0.270. The molecule has 2 unspecified atom stereocenters. The smallest absolute Gasteiger partial charge is 0.177 e. The standard InChI is InChI=1S/C31H24N3/c1-32-21-22-15-17-23(18-16-22)33-27-13-7-5-11-25(27)31-28(33)19-20-30-26-12-6-8-14-29(26)34(30,31)24-9-3-2-4-10-24/h2-20,30H,1,21H2/q+1. The first-order valence-corrected chi connectivity index (χ1v) is 11.7. The summed E-state index contributed by atoms with van der Waals surface area (Å²) < 4.78 is 3.14. The first-order chi connectivity index (χ1) is 16.8. The summed E-state index contributed by atoms with van der Waals surface area (Å²) in [4.78, 5) is 4.04. The lowest BCUT2D eigenvalue weighted by Crippen LogP contribution is -2.51. The van der Waals surface area contributed by atoms with Gasteiger partial charge in [-0.05, 0) is 66.9 Å². The third kappa shape index (κ3) is 2.37. The van der Waals surface area contributed by atoms with Gasteiger partial charge in [-0.25, -0.2) is 4.48 Å². The predicted molar refractivity (Wildman–Crippen MR) is 142 cm³/mol. The Morgan fingerprint density at radius 2 is 1.53 bits per heavy atom. The van der Waals surface area contributed by atoms with Gasteiger partial charge in [-0.1, -0.05) is 54.6 Å². The lowest BCUT2D eigenvalue weighted by atomic mass is 9.83. The van der Waals surface area contributed by atoms with Crippen LogP contribution in [-0.2, 0) is 6.54 Å². The molecule has 0 N–H and O–H groups in total. The van der Waals surface area contributed by atoms with Crippen molar-refractivity contribution in [1.82, 2.24) is 9.05 Å². The van der Waals surface area contributed by atoms with Gasteiger partial charge in [-0.15, -0.1) is 0 Å². The van der Waals surface area contributed by atoms with Crippen molar-refractivity contribution in [1.29, 1.82) is 0 Å². The summed E-state index contributed by atoms with van der Waals surface area (Å²) in [5, 5.41) is 1.29. The fraction of sp³-hybridized carbons (Fsp3) is 0.0645. The number of fused-ring (bicyclic) bond motifs is 8. The number of hydrogen-bond acceptors (Lipinski definition) is 1. The van der Waals surface area contributed by atoms with Gasteiger partial charge in [0.1, 0.15) is 11.4 Å². The molecule has 2 aliphatic rings. The van der Waals surface area contributed by atoms with E-state index in [1.54, 1.807) is 0 Å². The average molecular weight is 439 g/mol. The second-order valence-electron chi connectivity index (χ2n) is 9.06. The second-order valence-corrected chi connectivity index (χ2v) is 9.06. The van der Waals surface area contributed by atoms with Gasteiger partial charge in [0.05, 0.1) is 23.0 Å². The largest absolute Gasteiger partial charge is 0.304 e. The van der Waals surface area contributed by atoms with Gasteiger partial charge in [0.15, 0.2) is 17.4 Å². The zero-order valence-electron chi connectivity index (χ0n) is 18.8. The first kappa shape index (κ1) is 19.3. The van der Waals surface area contributed by atoms with Crippen molar-refractivity contribution in [2.75, 3.05) is 0 Å². The fourth-order valence-corrected chi connectivity index (χ4v) is 6.04. The van der Waals surface area contributed by atoms with Gasteiger partial charge >= 0.3 is 0 Å². The number of benzene rings is 4. The maximum Gasteiger partial charge on any atom is 0.177 e. The Morgan fingerprint density at radius 1 is 0.794 bits per heavy atom. The van der Waals surface area contributed by atoms with Crippen molar-refractivity contribution in [2.24, 2.45) is 4.99 Å². The molecular weight excluding hydrogens is 414 g/mol. The molecule has 7 rings (SSSR count). The SMILES string of the molecule is C=NCc1ccc(-n2c3c(c4ccccc42)[N+]2(c4ccccc4)c4ccccc4C2C=C3)cc1. The summed E-state index contributed by atoms with van der Waals surface area (Å²) in [6.45, 7) is 4.27. The van der Waals surface area contributed by atoms with Gasteiger partial charge in [-0.2, -0.15) is 0 Å². The van der Waals surface area contributed by atoms with Crippen molar-refractivity contribution in [2.45, 2.75) is 12.6 Å². The highest BCUT2D eigenvalue weighted by atomic mass is 15.4. The van der Waals surface area contributed by atoms with E-state index in [1.165, 1.54) is 44.8 Å². The monoisotopic (exact) mass is 438 g/mol. The van der Waals surface area contributed by atoms with Crippen LogP contribution in [0.3, 0.4) is 0 Å². The molecule has 0 spiro atoms. The molecule has 0 fully saturated rings. The van der Waals surface area contributed by atoms with Gasteiger partial charge in [0.25, 0.3) is 0 Å². The van der Waals surface area contributed by atoms with Crippen LogP contribution in [0.1, 0.15) is 22.9 Å². The zero-order chi connectivity index (χ0) is 22.7. The Morgan fingerprint density at radius 3 is 2.35 bits per heavy atom. The summed E-state index contributed by atoms with van der Waals surface area (Å²) in [7, 11) is 0. The van der Waals surface area contributed by atoms with E-state index in [0.717, 1.165) is 10.2 Å². The van der Waals surface area contributed by atoms with E-state index in [0.29, 0.717) is 6.54 Å². The molecule has 0 aliphatic carbocycles. The van der Waals surface area contributed by atoms with Crippen LogP contribution in [0.5, 0.6) is 0 Å². The number of aliphatic imine (C=N–C) groups is 1. The molecule has 162 valence electrons. The van der Waals surface area contributed by atoms with Gasteiger partial charge in [-0.3, -0.25) is 4.99 Å². The molecule has 3 heterocycles. The maximum absolute atomic E-state index is 4.04. The number of nitrogens with zero attached hydrogens (tertiary/aromatic N) is 3. The van der Waals surface area contributed by atoms with Gasteiger partial charge in [0.2, 0.25) is 0 Å². The van der Waals surface area contributed by atoms with Crippen molar-refractivity contribution < 1.29 is 0 Å². The van der Waals surface area contributed by atoms with Crippen LogP contribution in [0.25, 0.3) is 22.7 Å². The summed E-state index contributed by atoms with van der Waals surface area (Å²) in [5.41, 5.74) is 10.2. The molecule has 34 heavy (non-hydrogen) atoms. The van der Waals surface area contributed by atoms with E-state index in [-0.39, 0.29) is 6.04 Å². The first-order valence-electron chi connectivity index (χ1n) is 11.7. The minimum Gasteiger partial charge on any atom is -0.304 e. The number of rotatable bonds is 4. The van der Waals surface area contributed by atoms with Crippen molar-refractivity contribution in [3.8, 4) is 5.69 Å². The van der Waals surface area contributed by atoms with Crippen LogP contribution in [0.2, 0.25) is 0 Å². The normalized spacial score (nSPS) is 19.7. The number of quaternary nitrogens is 1. The van der Waals surface area contributed by atoms with Crippen LogP contribution < -0.4 is 4.48 Å². The maximum atomic E-state index is 4.04. The summed E-state index contributed by atoms with van der Waals surface area (Å²) in [6, 6.07) is 37.7. The second kappa shape index (κ2) is 7.14. The fourth-order valence-electron chi connectivity index (χ4n) is 6.04. The Bertz CT molecular complexity index is 1590. The average Bonchev–Trinajstić information content (AvgIpc) is 3.22. The van der Waals surface area contributed by atoms with E-state index < -0.39 is 0 Å². The Labute approximate surface area is 199 Å². The summed E-state index contributed by atoms with van der Waals surface area (Å²) in [5.74, 6) is 0. The van der Waals surface area contributed by atoms with E-state index in [2.05, 4.69) is 132 Å². The molecule has 0 bridgehead atoms. The molecule has 4 aromatic carbocycles. The minimum absolute atomic E-state index is 0.270. The molecule has 2 aliphatic heterocycles. The molecule has 0 radical (unpaired) electrons. The topological polar surface area (TPSA) is 17.3 Å². The molecule has 0 amide bonds. The van der Waals surface area contributed by atoms with Gasteiger partial charge in [0, 0.05) is 11.8 Å². The molecule has 3 heteroatoms. The third-order valence-corrected chi connectivity index (χ3v) is 7.38. The summed E-state index contributed by atoms with van der Waals surface area (Å²) >= 11 is 0. The Hall–Kier alpha value is -4.21. The Balaban J connectivity index is 1.57. The quantitative estimate of drug-likeness (QED) is 0.201. The van der Waals surface area contributed by atoms with Crippen molar-refractivity contribution in [3.63, 3.8) is 0 Å². The number of hydrogen-bond donors (Lipinski definition) is 0. The van der Waals surface area contributed by atoms with Crippen LogP contribution in [0.4, 0.5) is 17.1 Å². The highest BCUT2D eigenvalue weighted by Crippen LogP contribution is 2.66. The predicted octanol–water partition coefficient (Wildman–Crippen LogP) is 7.88. The van der Waals surface area contributed by atoms with E-state index in [4.69, 9.17) is 0 Å². The highest BCUT2D eigenvalue weighted by Gasteiger charge is 2.58. The molecule has 2 atom stereocenters.